The third-order valence-electron chi connectivity index (χ3n) is 2.69. The van der Waals surface area contributed by atoms with E-state index < -0.39 is 47.7 Å². The van der Waals surface area contributed by atoms with E-state index in [1.54, 1.807) is 0 Å². The molecule has 1 aromatic rings. The number of aliphatic hydroxyl groups excluding tert-OH is 2. The predicted octanol–water partition coefficient (Wildman–Crippen LogP) is 2.19. The Labute approximate surface area is 118 Å². The highest BCUT2D eigenvalue weighted by atomic mass is 19.4. The molecule has 0 saturated carbocycles. The van der Waals surface area contributed by atoms with Crippen molar-refractivity contribution in [1.29, 1.82) is 0 Å². The molecule has 118 valence electrons. The predicted molar refractivity (Wildman–Crippen MR) is 63.6 cm³/mol. The lowest BCUT2D eigenvalue weighted by Gasteiger charge is -2.19. The second-order valence-electron chi connectivity index (χ2n) is 4.26. The van der Waals surface area contributed by atoms with E-state index in [9.17, 15) is 32.6 Å². The molecule has 1 rings (SSSR count). The van der Waals surface area contributed by atoms with Gasteiger partial charge in [0.1, 0.15) is 11.9 Å². The summed E-state index contributed by atoms with van der Waals surface area (Å²) in [6.45, 7) is 1.56. The minimum absolute atomic E-state index is 0.0412. The Bertz CT molecular complexity index is 501. The Morgan fingerprint density at radius 3 is 2.48 bits per heavy atom. The van der Waals surface area contributed by atoms with Crippen molar-refractivity contribution < 1.29 is 37.3 Å². The van der Waals surface area contributed by atoms with Crippen LogP contribution in [-0.4, -0.2) is 28.9 Å². The van der Waals surface area contributed by atoms with Crippen molar-refractivity contribution in [3.05, 3.63) is 35.1 Å². The van der Waals surface area contributed by atoms with Gasteiger partial charge in [-0.3, -0.25) is 4.79 Å². The van der Waals surface area contributed by atoms with Crippen LogP contribution in [0.15, 0.2) is 18.2 Å². The number of hydrogen-bond donors (Lipinski definition) is 2. The number of benzene rings is 1. The molecule has 0 heterocycles. The molecule has 4 nitrogen and oxygen atoms in total. The summed E-state index contributed by atoms with van der Waals surface area (Å²) in [5.74, 6) is -1.96. The first kappa shape index (κ1) is 17.4. The largest absolute Gasteiger partial charge is 0.466 e. The fraction of sp³-hybridized carbons (Fsp3) is 0.462. The minimum atomic E-state index is -4.71. The number of carbonyl (C=O) groups is 1. The Morgan fingerprint density at radius 2 is 1.95 bits per heavy atom. The van der Waals surface area contributed by atoms with Gasteiger partial charge in [-0.05, 0) is 25.1 Å². The number of carbonyl (C=O) groups excluding carboxylic acids is 1. The molecule has 0 aliphatic carbocycles. The highest BCUT2D eigenvalue weighted by Gasteiger charge is 2.33. The maximum absolute atomic E-state index is 13.5. The number of alkyl halides is 3. The lowest BCUT2D eigenvalue weighted by atomic mass is 9.99. The fourth-order valence-corrected chi connectivity index (χ4v) is 1.66. The van der Waals surface area contributed by atoms with Crippen LogP contribution in [0.25, 0.3) is 0 Å². The average molecular weight is 310 g/mol. The van der Waals surface area contributed by atoms with Crippen molar-refractivity contribution >= 4 is 5.97 Å². The Hall–Kier alpha value is -1.67. The number of halogens is 4. The van der Waals surface area contributed by atoms with Crippen molar-refractivity contribution in [3.8, 4) is 0 Å². The number of esters is 1. The number of aliphatic hydroxyl groups is 2. The van der Waals surface area contributed by atoms with Gasteiger partial charge in [-0.1, -0.05) is 0 Å². The highest BCUT2D eigenvalue weighted by molar-refractivity contribution is 5.70. The Balaban J connectivity index is 2.95. The molecule has 0 amide bonds. The van der Waals surface area contributed by atoms with Gasteiger partial charge in [0, 0.05) is 5.56 Å². The summed E-state index contributed by atoms with van der Waals surface area (Å²) in [4.78, 5) is 11.1. The second-order valence-corrected chi connectivity index (χ2v) is 4.26. The Morgan fingerprint density at radius 1 is 1.33 bits per heavy atom. The van der Waals surface area contributed by atoms with Crippen molar-refractivity contribution in [2.75, 3.05) is 6.61 Å². The van der Waals surface area contributed by atoms with Crippen LogP contribution in [0, 0.1) is 5.82 Å². The van der Waals surface area contributed by atoms with Crippen LogP contribution in [-0.2, 0) is 15.7 Å². The fourth-order valence-electron chi connectivity index (χ4n) is 1.66. The summed E-state index contributed by atoms with van der Waals surface area (Å²) in [6.07, 6.45) is -9.13. The van der Waals surface area contributed by atoms with Crippen LogP contribution in [0.3, 0.4) is 0 Å². The van der Waals surface area contributed by atoms with E-state index in [0.717, 1.165) is 0 Å². The van der Waals surface area contributed by atoms with Gasteiger partial charge in [-0.2, -0.15) is 13.2 Å². The summed E-state index contributed by atoms with van der Waals surface area (Å²) in [6, 6.07) is 1.45. The lowest BCUT2D eigenvalue weighted by molar-refractivity contribution is -0.147. The molecule has 0 fully saturated rings. The molecule has 8 heteroatoms. The number of ether oxygens (including phenoxy) is 1. The van der Waals surface area contributed by atoms with Gasteiger partial charge >= 0.3 is 12.1 Å². The van der Waals surface area contributed by atoms with Crippen molar-refractivity contribution in [1.82, 2.24) is 0 Å². The van der Waals surface area contributed by atoms with Gasteiger partial charge < -0.3 is 14.9 Å². The number of hydrogen-bond acceptors (Lipinski definition) is 4. The normalized spacial score (nSPS) is 14.6. The maximum atomic E-state index is 13.5. The molecule has 0 saturated heterocycles. The first-order chi connectivity index (χ1) is 9.66. The zero-order valence-electron chi connectivity index (χ0n) is 11.0. The third kappa shape index (κ3) is 4.68. The van der Waals surface area contributed by atoms with Crippen LogP contribution in [0.1, 0.15) is 30.6 Å². The quantitative estimate of drug-likeness (QED) is 0.646. The summed E-state index contributed by atoms with van der Waals surface area (Å²) in [7, 11) is 0. The zero-order chi connectivity index (χ0) is 16.2. The van der Waals surface area contributed by atoms with Crippen molar-refractivity contribution in [2.45, 2.75) is 31.7 Å². The van der Waals surface area contributed by atoms with Gasteiger partial charge in [-0.15, -0.1) is 0 Å². The summed E-state index contributed by atoms with van der Waals surface area (Å²) >= 11 is 0. The summed E-state index contributed by atoms with van der Waals surface area (Å²) in [5.41, 5.74) is -1.90. The molecule has 2 unspecified atom stereocenters. The molecule has 0 aromatic heterocycles. The molecule has 0 spiro atoms. The molecule has 0 radical (unpaired) electrons. The van der Waals surface area contributed by atoms with E-state index in [2.05, 4.69) is 4.74 Å². The second kappa shape index (κ2) is 6.86. The van der Waals surface area contributed by atoms with Gasteiger partial charge in [-0.25, -0.2) is 4.39 Å². The molecular weight excluding hydrogens is 296 g/mol. The van der Waals surface area contributed by atoms with E-state index in [0.29, 0.717) is 18.2 Å². The van der Waals surface area contributed by atoms with Crippen LogP contribution in [0.4, 0.5) is 17.6 Å². The molecule has 0 aliphatic rings. The van der Waals surface area contributed by atoms with E-state index in [1.165, 1.54) is 6.92 Å². The third-order valence-corrected chi connectivity index (χ3v) is 2.69. The monoisotopic (exact) mass is 310 g/mol. The minimum Gasteiger partial charge on any atom is -0.466 e. The molecule has 0 aliphatic heterocycles. The highest BCUT2D eigenvalue weighted by Crippen LogP contribution is 2.32. The standard InChI is InChI=1S/C13H14F4O4/c1-2-21-11(19)6-10(18)12(20)8-5-7(13(15,16)17)3-4-9(8)14/h3-5,10,12,18,20H,2,6H2,1H3. The average Bonchev–Trinajstić information content (AvgIpc) is 2.37. The van der Waals surface area contributed by atoms with E-state index in [1.807, 2.05) is 0 Å². The topological polar surface area (TPSA) is 66.8 Å². The van der Waals surface area contributed by atoms with E-state index in [-0.39, 0.29) is 6.61 Å². The SMILES string of the molecule is CCOC(=O)CC(O)C(O)c1cc(C(F)(F)F)ccc1F. The first-order valence-electron chi connectivity index (χ1n) is 6.05. The van der Waals surface area contributed by atoms with Crippen LogP contribution < -0.4 is 0 Å². The molecule has 2 N–H and O–H groups in total. The number of rotatable bonds is 5. The van der Waals surface area contributed by atoms with Crippen molar-refractivity contribution in [3.63, 3.8) is 0 Å². The lowest BCUT2D eigenvalue weighted by Crippen LogP contribution is -2.24. The summed E-state index contributed by atoms with van der Waals surface area (Å²) in [5, 5.41) is 19.3. The van der Waals surface area contributed by atoms with E-state index >= 15 is 0 Å². The van der Waals surface area contributed by atoms with Crippen molar-refractivity contribution in [2.24, 2.45) is 0 Å². The zero-order valence-corrected chi connectivity index (χ0v) is 11.0. The first-order valence-corrected chi connectivity index (χ1v) is 6.05. The van der Waals surface area contributed by atoms with Gasteiger partial charge in [0.05, 0.1) is 24.7 Å². The van der Waals surface area contributed by atoms with Gasteiger partial charge in [0.25, 0.3) is 0 Å². The van der Waals surface area contributed by atoms with Crippen LogP contribution >= 0.6 is 0 Å². The Kier molecular flexibility index (Phi) is 5.68. The molecular formula is C13H14F4O4. The van der Waals surface area contributed by atoms with Crippen LogP contribution in [0.2, 0.25) is 0 Å². The van der Waals surface area contributed by atoms with Crippen LogP contribution in [0.5, 0.6) is 0 Å². The molecule has 0 bridgehead atoms. The molecule has 2 atom stereocenters. The van der Waals surface area contributed by atoms with E-state index in [4.69, 9.17) is 0 Å². The van der Waals surface area contributed by atoms with Gasteiger partial charge in [0.15, 0.2) is 0 Å². The smallest absolute Gasteiger partial charge is 0.416 e. The maximum Gasteiger partial charge on any atom is 0.416 e. The molecule has 1 aromatic carbocycles. The summed E-state index contributed by atoms with van der Waals surface area (Å²) < 4.78 is 55.6. The molecule has 21 heavy (non-hydrogen) atoms. The van der Waals surface area contributed by atoms with Gasteiger partial charge in [0.2, 0.25) is 0 Å².